The standard InChI is InChI=1S/C5H12OSi.5CO.Cr/c1-5-6-7(2,3)4;5*1-2;/h1-4H3;;;;;;. The van der Waals surface area contributed by atoms with E-state index in [1.165, 1.54) is 0 Å². The van der Waals surface area contributed by atoms with Gasteiger partial charge < -0.3 is 0 Å². The Hall–Kier alpha value is -0.721. The fourth-order valence-electron chi connectivity index (χ4n) is 0.431. The van der Waals surface area contributed by atoms with Gasteiger partial charge in [0.15, 0.2) is 0 Å². The number of hydrogen-bond donors (Lipinski definition) is 0. The molecule has 0 amide bonds. The molecule has 0 fully saturated rings. The van der Waals surface area contributed by atoms with E-state index in [-0.39, 0.29) is 0 Å². The van der Waals surface area contributed by atoms with Gasteiger partial charge in [0.1, 0.15) is 0 Å². The molecule has 0 aromatic rings. The van der Waals surface area contributed by atoms with Crippen molar-refractivity contribution in [2.24, 2.45) is 0 Å². The predicted octanol–water partition coefficient (Wildman–Crippen LogP) is 1.35. The maximum atomic E-state index is 7.50. The van der Waals surface area contributed by atoms with Crippen molar-refractivity contribution in [1.29, 1.82) is 0 Å². The van der Waals surface area contributed by atoms with Gasteiger partial charge in [0.2, 0.25) is 0 Å². The summed E-state index contributed by atoms with van der Waals surface area (Å²) in [7, 11) is -1.29. The van der Waals surface area contributed by atoms with Crippen molar-refractivity contribution in [3.8, 4) is 0 Å². The van der Waals surface area contributed by atoms with Crippen molar-refractivity contribution in [1.82, 2.24) is 0 Å². The van der Waals surface area contributed by atoms with Crippen molar-refractivity contribution in [3.63, 3.8) is 0 Å². The molecule has 8 heteroatoms. The van der Waals surface area contributed by atoms with Crippen LogP contribution >= 0.6 is 0 Å². The van der Waals surface area contributed by atoms with E-state index in [1.54, 1.807) is 0 Å². The van der Waals surface area contributed by atoms with Gasteiger partial charge in [-0.3, -0.25) is 0 Å². The van der Waals surface area contributed by atoms with E-state index in [0.29, 0.717) is 0 Å². The average Bonchev–Trinajstić information content (AvgIpc) is 2.38. The average molecular weight is 308 g/mol. The molecule has 0 saturated heterocycles. The molecule has 18 heavy (non-hydrogen) atoms. The van der Waals surface area contributed by atoms with Crippen LogP contribution in [0, 0.1) is 33.3 Å². The Morgan fingerprint density at radius 3 is 0.944 bits per heavy atom. The van der Waals surface area contributed by atoms with Crippen LogP contribution in [0.4, 0.5) is 0 Å². The molecule has 98 valence electrons. The minimum absolute atomic E-state index is 0.962. The first-order valence-corrected chi connectivity index (χ1v) is 7.68. The van der Waals surface area contributed by atoms with Crippen LogP contribution in [-0.2, 0) is 43.5 Å². The molecule has 0 saturated carbocycles. The monoisotopic (exact) mass is 308 g/mol. The Bertz CT molecular complexity index is 223. The molecule has 0 rings (SSSR count). The van der Waals surface area contributed by atoms with Crippen molar-refractivity contribution < 1.29 is 43.5 Å². The van der Waals surface area contributed by atoms with Crippen LogP contribution in [0.25, 0.3) is 0 Å². The Kier molecular flexibility index (Phi) is 88.3. The van der Waals surface area contributed by atoms with Gasteiger partial charge in [-0.1, -0.05) is 0 Å². The summed E-state index contributed by atoms with van der Waals surface area (Å²) in [4.78, 5) is 0. The number of rotatable bonds is 2. The molecule has 0 aromatic heterocycles. The molecule has 0 aromatic carbocycles. The van der Waals surface area contributed by atoms with E-state index in [1.807, 2.05) is 6.92 Å². The van der Waals surface area contributed by atoms with Gasteiger partial charge in [-0.25, -0.2) is 0 Å². The first-order chi connectivity index (χ1) is 8.42. The zero-order chi connectivity index (χ0) is 16.8. The molecule has 0 unspecified atom stereocenters. The molecule has 0 radical (unpaired) electrons. The fraction of sp³-hybridized carbons (Fsp3) is 0.400. The molecule has 0 aliphatic heterocycles. The van der Waals surface area contributed by atoms with Gasteiger partial charge >= 0.3 is 116 Å². The summed E-state index contributed by atoms with van der Waals surface area (Å²) in [5.74, 6) is 0. The van der Waals surface area contributed by atoms with Gasteiger partial charge in [0, 0.05) is 0 Å². The van der Waals surface area contributed by atoms with Gasteiger partial charge in [-0.05, 0) is 0 Å². The summed E-state index contributed by atoms with van der Waals surface area (Å²) < 4.78 is 43.9. The molecule has 0 atom stereocenters. The van der Waals surface area contributed by atoms with Crippen LogP contribution in [-0.4, -0.2) is 12.9 Å². The topological polar surface area (TPSA) is 109 Å². The first kappa shape index (κ1) is 36.0. The van der Waals surface area contributed by atoms with Crippen molar-refractivity contribution >= 4 is 12.9 Å². The van der Waals surface area contributed by atoms with Crippen molar-refractivity contribution in [2.45, 2.75) is 26.6 Å². The summed E-state index contributed by atoms with van der Waals surface area (Å²) in [5.41, 5.74) is 0. The third-order valence-electron chi connectivity index (χ3n) is 0.450. The van der Waals surface area contributed by atoms with Crippen LogP contribution in [0.5, 0.6) is 0 Å². The molecule has 0 spiro atoms. The van der Waals surface area contributed by atoms with E-state index in [4.69, 9.17) is 27.7 Å². The van der Waals surface area contributed by atoms with Crippen molar-refractivity contribution in [2.75, 3.05) is 0 Å². The van der Waals surface area contributed by atoms with Crippen LogP contribution in [0.15, 0.2) is 0 Å². The van der Waals surface area contributed by atoms with Gasteiger partial charge in [-0.15, -0.1) is 0 Å². The summed E-state index contributed by atoms with van der Waals surface area (Å²) in [6, 6.07) is 0. The second-order valence-corrected chi connectivity index (χ2v) is 8.03. The molecule has 0 heterocycles. The predicted molar refractivity (Wildman–Crippen MR) is 54.8 cm³/mol. The zero-order valence-corrected chi connectivity index (χ0v) is 12.6. The fourth-order valence-corrected chi connectivity index (χ4v) is 2.46. The Morgan fingerprint density at radius 2 is 0.944 bits per heavy atom. The normalized spacial score (nSPS) is 5.67. The van der Waals surface area contributed by atoms with E-state index in [0.717, 1.165) is 4.57 Å². The molecule has 0 N–H and O–H groups in total. The van der Waals surface area contributed by atoms with E-state index in [9.17, 15) is 0 Å². The maximum absolute atomic E-state index is 7.50. The molecule has 6 nitrogen and oxygen atoms in total. The van der Waals surface area contributed by atoms with Gasteiger partial charge in [0.05, 0.1) is 0 Å². The summed E-state index contributed by atoms with van der Waals surface area (Å²) >= 11 is 2.83. The minimum atomic E-state index is -1.29. The van der Waals surface area contributed by atoms with Gasteiger partial charge in [-0.2, -0.15) is 0 Å². The molecular formula is C10H12CrO6Si. The van der Waals surface area contributed by atoms with Crippen LogP contribution in [0.2, 0.25) is 19.6 Å². The Balaban J connectivity index is -0.0000000304. The van der Waals surface area contributed by atoms with Crippen LogP contribution < -0.4 is 0 Å². The SMILES string of the molecule is C[C](=[Cr])O[Si](C)(C)C.[C-]#[O+].[C-]#[O+].[C-]#[O+].[C-]#[O+].[C-]#[O+]. The third-order valence-corrected chi connectivity index (χ3v) is 1.74. The molecular weight excluding hydrogens is 296 g/mol. The Labute approximate surface area is 116 Å². The molecule has 0 aliphatic carbocycles. The zero-order valence-electron chi connectivity index (χ0n) is 10.4. The number of hydrogen-bond acceptors (Lipinski definition) is 1. The van der Waals surface area contributed by atoms with Gasteiger partial charge in [0.25, 0.3) is 0 Å². The van der Waals surface area contributed by atoms with Crippen molar-refractivity contribution in [3.05, 3.63) is 33.3 Å². The summed E-state index contributed by atoms with van der Waals surface area (Å²) in [5, 5.41) is 0. The second-order valence-electron chi connectivity index (χ2n) is 2.71. The molecule has 0 bridgehead atoms. The van der Waals surface area contributed by atoms with E-state index < -0.39 is 8.32 Å². The Morgan fingerprint density at radius 1 is 0.778 bits per heavy atom. The van der Waals surface area contributed by atoms with E-state index >= 15 is 0 Å². The summed E-state index contributed by atoms with van der Waals surface area (Å²) in [6.45, 7) is 30.9. The first-order valence-electron chi connectivity index (χ1n) is 3.63. The van der Waals surface area contributed by atoms with Crippen LogP contribution in [0.1, 0.15) is 6.92 Å². The quantitative estimate of drug-likeness (QED) is 0.428. The third kappa shape index (κ3) is 170. The van der Waals surface area contributed by atoms with E-state index in [2.05, 4.69) is 68.7 Å². The second kappa shape index (κ2) is 44.1. The molecule has 0 aliphatic rings. The summed E-state index contributed by atoms with van der Waals surface area (Å²) in [6.07, 6.45) is 0. The van der Waals surface area contributed by atoms with Crippen LogP contribution in [0.3, 0.4) is 0 Å².